The summed E-state index contributed by atoms with van der Waals surface area (Å²) in [5, 5.41) is 58.3. The molecular formula is C15H22Li3N2O18P2. The first-order valence-electron chi connectivity index (χ1n) is 9.98. The topological polar surface area (TPSA) is 314 Å². The third kappa shape index (κ3) is 9.46. The fourth-order valence-corrected chi connectivity index (χ4v) is 5.49. The van der Waals surface area contributed by atoms with E-state index in [0.29, 0.717) is 4.57 Å². The number of hydrogen-bond acceptors (Lipinski definition) is 15. The van der Waals surface area contributed by atoms with Crippen molar-refractivity contribution in [3.8, 4) is 0 Å². The minimum atomic E-state index is -5.72. The number of carbonyl (C=O) groups is 1. The Hall–Kier alpha value is -0.0778. The molecule has 3 rings (SSSR count). The van der Waals surface area contributed by atoms with Crippen molar-refractivity contribution in [2.75, 3.05) is 6.61 Å². The van der Waals surface area contributed by atoms with Crippen LogP contribution in [0.25, 0.3) is 0 Å². The fourth-order valence-electron chi connectivity index (χ4n) is 3.34. The van der Waals surface area contributed by atoms with Gasteiger partial charge in [-0.2, -0.15) is 4.31 Å². The second-order valence-corrected chi connectivity index (χ2v) is 10.7. The number of carboxylic acids is 1. The summed E-state index contributed by atoms with van der Waals surface area (Å²) >= 11 is 0. The van der Waals surface area contributed by atoms with Crippen molar-refractivity contribution >= 4 is 78.2 Å². The Bertz CT molecular complexity index is 1220. The number of aliphatic hydroxyl groups is 5. The molecule has 25 heteroatoms. The second-order valence-electron chi connectivity index (χ2n) is 7.72. The predicted octanol–water partition coefficient (Wildman–Crippen LogP) is -5.84. The van der Waals surface area contributed by atoms with E-state index in [1.54, 1.807) is 0 Å². The molecular weight excluding hydrogens is 582 g/mol. The number of phosphoric ester groups is 2. The van der Waals surface area contributed by atoms with E-state index in [1.807, 2.05) is 4.98 Å². The maximum Gasteiger partial charge on any atom is 0.483 e. The maximum atomic E-state index is 12.2. The number of carboxylic acid groups (broad SMARTS) is 1. The number of hydrogen-bond donors (Lipinski definition) is 9. The van der Waals surface area contributed by atoms with E-state index >= 15 is 0 Å². The molecule has 1 aromatic heterocycles. The van der Waals surface area contributed by atoms with Crippen LogP contribution in [0, 0.1) is 0 Å². The third-order valence-electron chi connectivity index (χ3n) is 5.12. The van der Waals surface area contributed by atoms with Crippen LogP contribution in [-0.4, -0.2) is 168 Å². The molecule has 0 saturated carbocycles. The van der Waals surface area contributed by atoms with Gasteiger partial charge in [0.15, 0.2) is 18.6 Å². The van der Waals surface area contributed by atoms with E-state index < -0.39 is 94.7 Å². The van der Waals surface area contributed by atoms with Crippen LogP contribution in [-0.2, 0) is 36.8 Å². The third-order valence-corrected chi connectivity index (χ3v) is 7.72. The Balaban J connectivity index is 0.00000507. The number of H-pyrrole nitrogens is 1. The molecule has 0 aromatic carbocycles. The first-order valence-corrected chi connectivity index (χ1v) is 13.0. The van der Waals surface area contributed by atoms with Gasteiger partial charge in [0.25, 0.3) is 5.56 Å². The summed E-state index contributed by atoms with van der Waals surface area (Å²) in [6, 6.07) is 0.910. The van der Waals surface area contributed by atoms with E-state index in [0.717, 1.165) is 12.3 Å². The zero-order valence-corrected chi connectivity index (χ0v) is 22.8. The number of phosphoric acid groups is 2. The van der Waals surface area contributed by atoms with Crippen molar-refractivity contribution in [2.24, 2.45) is 0 Å². The molecule has 3 heterocycles. The van der Waals surface area contributed by atoms with Gasteiger partial charge in [0.2, 0.25) is 0 Å². The fraction of sp³-hybridized carbons (Fsp3) is 0.667. The summed E-state index contributed by atoms with van der Waals surface area (Å²) in [5.74, 6) is -1.85. The molecule has 213 valence electrons. The number of aromatic amines is 1. The molecule has 2 fully saturated rings. The van der Waals surface area contributed by atoms with E-state index in [9.17, 15) is 58.8 Å². The van der Waals surface area contributed by atoms with Crippen LogP contribution in [0.3, 0.4) is 0 Å². The van der Waals surface area contributed by atoms with Gasteiger partial charge in [-0.05, 0) is 0 Å². The second kappa shape index (κ2) is 15.6. The van der Waals surface area contributed by atoms with Crippen LogP contribution in [0.1, 0.15) is 6.23 Å². The van der Waals surface area contributed by atoms with Crippen LogP contribution in [0.5, 0.6) is 0 Å². The zero-order valence-electron chi connectivity index (χ0n) is 21.1. The Morgan fingerprint density at radius 2 is 1.52 bits per heavy atom. The quantitative estimate of drug-likeness (QED) is 0.0936. The largest absolute Gasteiger partial charge is 0.483 e. The molecule has 11 atom stereocenters. The average molecular weight is 604 g/mol. The molecule has 3 radical (unpaired) electrons. The van der Waals surface area contributed by atoms with Crippen molar-refractivity contribution in [3.63, 3.8) is 0 Å². The number of aliphatic hydroxyl groups excluding tert-OH is 5. The molecule has 2 aliphatic rings. The maximum absolute atomic E-state index is 12.2. The monoisotopic (exact) mass is 604 g/mol. The van der Waals surface area contributed by atoms with Gasteiger partial charge >= 0.3 is 27.3 Å². The molecule has 20 nitrogen and oxygen atoms in total. The van der Waals surface area contributed by atoms with Crippen LogP contribution in [0.15, 0.2) is 21.9 Å². The first-order chi connectivity index (χ1) is 17.0. The van der Waals surface area contributed by atoms with Crippen LogP contribution < -0.4 is 11.2 Å². The number of nitrogens with one attached hydrogen (secondary N) is 1. The van der Waals surface area contributed by atoms with Gasteiger partial charge in [-0.1, -0.05) is 0 Å². The molecule has 9 N–H and O–H groups in total. The smallest absolute Gasteiger partial charge is 0.479 e. The Morgan fingerprint density at radius 3 is 2.08 bits per heavy atom. The van der Waals surface area contributed by atoms with Gasteiger partial charge in [-0.25, -0.2) is 18.7 Å². The van der Waals surface area contributed by atoms with Gasteiger partial charge in [0.1, 0.15) is 36.6 Å². The van der Waals surface area contributed by atoms with Crippen molar-refractivity contribution in [3.05, 3.63) is 33.1 Å². The Kier molecular flexibility index (Phi) is 15.6. The minimum absolute atomic E-state index is 0. The van der Waals surface area contributed by atoms with Crippen molar-refractivity contribution < 1.29 is 77.2 Å². The normalized spacial score (nSPS) is 34.7. The summed E-state index contributed by atoms with van der Waals surface area (Å²) in [6.07, 6.45) is -17.2. The Labute approximate surface area is 258 Å². The van der Waals surface area contributed by atoms with Crippen LogP contribution in [0.2, 0.25) is 0 Å². The Morgan fingerprint density at radius 1 is 0.925 bits per heavy atom. The van der Waals surface area contributed by atoms with Crippen LogP contribution in [0.4, 0.5) is 0 Å². The molecule has 2 aliphatic heterocycles. The van der Waals surface area contributed by atoms with Gasteiger partial charge in [-0.15, -0.1) is 0 Å². The van der Waals surface area contributed by atoms with Crippen LogP contribution >= 0.6 is 15.6 Å². The zero-order chi connectivity index (χ0) is 27.9. The molecule has 0 spiro atoms. The summed E-state index contributed by atoms with van der Waals surface area (Å²) < 4.78 is 47.6. The number of aliphatic carboxylic acids is 1. The van der Waals surface area contributed by atoms with E-state index in [1.165, 1.54) is 0 Å². The van der Waals surface area contributed by atoms with E-state index in [-0.39, 0.29) is 56.6 Å². The van der Waals surface area contributed by atoms with Gasteiger partial charge in [0, 0.05) is 68.8 Å². The summed E-state index contributed by atoms with van der Waals surface area (Å²) in [4.78, 5) is 55.5. The first kappa shape index (κ1) is 39.9. The predicted molar refractivity (Wildman–Crippen MR) is 127 cm³/mol. The number of nitrogens with zero attached hydrogens (tertiary/aromatic N) is 1. The summed E-state index contributed by atoms with van der Waals surface area (Å²) in [7, 11) is -11.3. The SMILES string of the molecule is O=C(O)[C@H]1O[C@H](OP(=O)(O)OP(=O)(O)OC[C@H]2O[C@@H]([15n]3ccc(=O)[15nH][13c]3=O)[C@H](O)[C@@H]2O)[C@H](O)[C@@H](O)[C@@H]1O.[Li].[Li].[Li]. The molecule has 0 bridgehead atoms. The minimum Gasteiger partial charge on any atom is -0.479 e. The van der Waals surface area contributed by atoms with E-state index in [4.69, 9.17) is 9.84 Å². The number of rotatable bonds is 9. The van der Waals surface area contributed by atoms with Crippen molar-refractivity contribution in [1.82, 2.24) is 9.55 Å². The standard InChI is InChI=1S/C15H22N2O18P2.3Li/c18-5-1-2-17(15(26)16-5)12-9(22)6(19)4(32-12)3-31-36(27,28)35-37(29,30)34-14-10(23)7(20)8(21)11(33-14)13(24)25;;;/h1-2,4,6-12,14,19-23H,3H2,(H,24,25)(H,27,28)(H,29,30)(H,16,18,26);;;/t4-,6-,7+,8+,9-,10-,11+,12-,14-;;;/m1.../s1/i15+1,16+1,17+1;;;. The summed E-state index contributed by atoms with van der Waals surface area (Å²) in [6.45, 7) is -1.07. The molecule has 0 amide bonds. The van der Waals surface area contributed by atoms with Gasteiger partial charge in [0.05, 0.1) is 6.61 Å². The average Bonchev–Trinajstić information content (AvgIpc) is 3.05. The molecule has 40 heavy (non-hydrogen) atoms. The molecule has 1 aromatic rings. The van der Waals surface area contributed by atoms with Crippen molar-refractivity contribution in [2.45, 2.75) is 55.2 Å². The van der Waals surface area contributed by atoms with Gasteiger partial charge < -0.3 is 49.9 Å². The van der Waals surface area contributed by atoms with E-state index in [2.05, 4.69) is 18.1 Å². The molecule has 2 unspecified atom stereocenters. The number of aromatic nitrogens is 2. The summed E-state index contributed by atoms with van der Waals surface area (Å²) in [5.41, 5.74) is -1.78. The van der Waals surface area contributed by atoms with Crippen molar-refractivity contribution in [1.29, 1.82) is 0 Å². The molecule has 0 aliphatic carbocycles. The van der Waals surface area contributed by atoms with Gasteiger partial charge in [-0.3, -0.25) is 23.4 Å². The molecule has 2 saturated heterocycles. The number of ether oxygens (including phenoxy) is 2.